The molecule has 3 atom stereocenters. The summed E-state index contributed by atoms with van der Waals surface area (Å²) >= 11 is 0. The van der Waals surface area contributed by atoms with Crippen molar-refractivity contribution in [2.75, 3.05) is 51.1 Å². The number of methoxy groups -OCH3 is 1. The van der Waals surface area contributed by atoms with Gasteiger partial charge in [0.15, 0.2) is 0 Å². The Kier molecular flexibility index (Phi) is 7.54. The maximum absolute atomic E-state index is 13.2. The van der Waals surface area contributed by atoms with Gasteiger partial charge >= 0.3 is 0 Å². The molecule has 180 valence electrons. The number of aromatic amines is 1. The van der Waals surface area contributed by atoms with E-state index in [9.17, 15) is 13.7 Å². The molecule has 3 unspecified atom stereocenters. The van der Waals surface area contributed by atoms with Gasteiger partial charge in [-0.3, -0.25) is 0 Å². The Bertz CT molecular complexity index is 1100. The molecule has 3 heterocycles. The van der Waals surface area contributed by atoms with Crippen LogP contribution in [-0.4, -0.2) is 81.1 Å². The average Bonchev–Trinajstić information content (AvgIpc) is 3.47. The second kappa shape index (κ2) is 10.4. The van der Waals surface area contributed by atoms with Crippen molar-refractivity contribution in [3.8, 4) is 6.07 Å². The van der Waals surface area contributed by atoms with Gasteiger partial charge in [-0.1, -0.05) is 0 Å². The largest absolute Gasteiger partial charge is 0.382 e. The molecule has 0 spiro atoms. The predicted octanol–water partition coefficient (Wildman–Crippen LogP) is 2.50. The van der Waals surface area contributed by atoms with E-state index in [1.165, 1.54) is 0 Å². The third kappa shape index (κ3) is 5.32. The number of nitrogens with one attached hydrogen (secondary N) is 1. The van der Waals surface area contributed by atoms with Crippen molar-refractivity contribution >= 4 is 26.7 Å². The van der Waals surface area contributed by atoms with Crippen LogP contribution in [0.4, 0.5) is 5.69 Å². The standard InChI is InChI=1S/C23H33N5O4S/c1-27(22-18(13-24)14-26-23-21(22)7-8-25-23)19-6-5-17(12-19)16-33(29,30)28-9-3-4-20(15-28)32-11-10-31-2/h7-8,14,17,19-20H,3-6,9-12,15-16H2,1-2H3,(H,25,26). The first-order valence-electron chi connectivity index (χ1n) is 11.6. The van der Waals surface area contributed by atoms with Gasteiger partial charge in [-0.05, 0) is 44.1 Å². The van der Waals surface area contributed by atoms with Crippen LogP contribution in [0.2, 0.25) is 0 Å². The van der Waals surface area contributed by atoms with Crippen LogP contribution in [0.1, 0.15) is 37.7 Å². The number of anilines is 1. The number of H-pyrrole nitrogens is 1. The summed E-state index contributed by atoms with van der Waals surface area (Å²) in [6.45, 7) is 1.99. The Balaban J connectivity index is 1.39. The Morgan fingerprint density at radius 3 is 2.97 bits per heavy atom. The van der Waals surface area contributed by atoms with E-state index in [1.54, 1.807) is 17.6 Å². The lowest BCUT2D eigenvalue weighted by Gasteiger charge is -2.32. The number of pyridine rings is 1. The minimum Gasteiger partial charge on any atom is -0.382 e. The van der Waals surface area contributed by atoms with Crippen LogP contribution < -0.4 is 4.90 Å². The van der Waals surface area contributed by atoms with E-state index >= 15 is 0 Å². The lowest BCUT2D eigenvalue weighted by atomic mass is 10.1. The topological polar surface area (TPSA) is 112 Å². The van der Waals surface area contributed by atoms with Gasteiger partial charge in [0.05, 0.1) is 36.3 Å². The quantitative estimate of drug-likeness (QED) is 0.555. The van der Waals surface area contributed by atoms with Crippen LogP contribution in [0.15, 0.2) is 18.5 Å². The second-order valence-corrected chi connectivity index (χ2v) is 11.1. The van der Waals surface area contributed by atoms with Crippen LogP contribution in [0, 0.1) is 17.2 Å². The summed E-state index contributed by atoms with van der Waals surface area (Å²) in [6, 6.07) is 4.38. The third-order valence-electron chi connectivity index (χ3n) is 6.91. The maximum atomic E-state index is 13.2. The number of rotatable bonds is 9. The highest BCUT2D eigenvalue weighted by Gasteiger charge is 2.36. The third-order valence-corrected chi connectivity index (χ3v) is 8.93. The molecule has 4 rings (SSSR count). The Labute approximate surface area is 195 Å². The highest BCUT2D eigenvalue weighted by atomic mass is 32.2. The monoisotopic (exact) mass is 475 g/mol. The minimum absolute atomic E-state index is 0.0639. The lowest BCUT2D eigenvalue weighted by molar-refractivity contribution is -0.00656. The molecular formula is C23H33N5O4S. The van der Waals surface area contributed by atoms with Crippen LogP contribution >= 0.6 is 0 Å². The van der Waals surface area contributed by atoms with Gasteiger partial charge in [0.2, 0.25) is 10.0 Å². The lowest BCUT2D eigenvalue weighted by Crippen LogP contribution is -2.45. The first-order valence-corrected chi connectivity index (χ1v) is 13.2. The number of hydrogen-bond donors (Lipinski definition) is 1. The Hall–Kier alpha value is -2.19. The highest BCUT2D eigenvalue weighted by molar-refractivity contribution is 7.89. The number of piperidine rings is 1. The average molecular weight is 476 g/mol. The zero-order valence-electron chi connectivity index (χ0n) is 19.4. The van der Waals surface area contributed by atoms with Gasteiger partial charge < -0.3 is 19.4 Å². The van der Waals surface area contributed by atoms with Crippen molar-refractivity contribution < 1.29 is 17.9 Å². The first kappa shape index (κ1) is 24.0. The van der Waals surface area contributed by atoms with Crippen LogP contribution in [0.25, 0.3) is 11.0 Å². The molecule has 2 aliphatic rings. The summed E-state index contributed by atoms with van der Waals surface area (Å²) in [5.74, 6) is 0.273. The molecule has 0 radical (unpaired) electrons. The van der Waals surface area contributed by atoms with Crippen molar-refractivity contribution in [3.05, 3.63) is 24.0 Å². The molecule has 0 amide bonds. The van der Waals surface area contributed by atoms with E-state index < -0.39 is 10.0 Å². The number of nitriles is 1. The number of nitrogens with zero attached hydrogens (tertiary/aromatic N) is 4. The van der Waals surface area contributed by atoms with E-state index in [4.69, 9.17) is 9.47 Å². The molecule has 9 nitrogen and oxygen atoms in total. The molecule has 10 heteroatoms. The minimum atomic E-state index is -3.35. The van der Waals surface area contributed by atoms with Crippen LogP contribution in [0.5, 0.6) is 0 Å². The summed E-state index contributed by atoms with van der Waals surface area (Å²) in [5, 5.41) is 10.5. The first-order chi connectivity index (χ1) is 15.9. The van der Waals surface area contributed by atoms with Crippen molar-refractivity contribution in [1.29, 1.82) is 5.26 Å². The molecule has 0 bridgehead atoms. The van der Waals surface area contributed by atoms with E-state index in [1.807, 2.05) is 19.3 Å². The predicted molar refractivity (Wildman–Crippen MR) is 127 cm³/mol. The van der Waals surface area contributed by atoms with Gasteiger partial charge in [0.1, 0.15) is 11.7 Å². The van der Waals surface area contributed by atoms with E-state index in [-0.39, 0.29) is 23.8 Å². The van der Waals surface area contributed by atoms with E-state index in [0.717, 1.165) is 48.8 Å². The number of fused-ring (bicyclic) bond motifs is 1. The maximum Gasteiger partial charge on any atom is 0.214 e. The molecule has 2 aromatic rings. The fraction of sp³-hybridized carbons (Fsp3) is 0.652. The van der Waals surface area contributed by atoms with Crippen molar-refractivity contribution in [3.63, 3.8) is 0 Å². The summed E-state index contributed by atoms with van der Waals surface area (Å²) < 4.78 is 38.8. The normalized spacial score (nSPS) is 24.2. The highest BCUT2D eigenvalue weighted by Crippen LogP contribution is 2.36. The zero-order chi connectivity index (χ0) is 23.4. The van der Waals surface area contributed by atoms with E-state index in [2.05, 4.69) is 20.9 Å². The second-order valence-electron chi connectivity index (χ2n) is 9.08. The fourth-order valence-electron chi connectivity index (χ4n) is 5.19. The zero-order valence-corrected chi connectivity index (χ0v) is 20.2. The molecule has 1 saturated carbocycles. The van der Waals surface area contributed by atoms with Gasteiger partial charge in [-0.2, -0.15) is 9.57 Å². The van der Waals surface area contributed by atoms with E-state index in [0.29, 0.717) is 31.9 Å². The number of sulfonamides is 1. The summed E-state index contributed by atoms with van der Waals surface area (Å²) in [5.41, 5.74) is 2.15. The van der Waals surface area contributed by atoms with Crippen LogP contribution in [-0.2, 0) is 19.5 Å². The Morgan fingerprint density at radius 2 is 2.18 bits per heavy atom. The molecular weight excluding hydrogens is 442 g/mol. The molecule has 33 heavy (non-hydrogen) atoms. The van der Waals surface area contributed by atoms with Gasteiger partial charge in [-0.25, -0.2) is 13.4 Å². The molecule has 2 fully saturated rings. The molecule has 2 aromatic heterocycles. The Morgan fingerprint density at radius 1 is 1.33 bits per heavy atom. The van der Waals surface area contributed by atoms with Crippen molar-refractivity contribution in [2.45, 2.75) is 44.2 Å². The smallest absolute Gasteiger partial charge is 0.214 e. The van der Waals surface area contributed by atoms with Crippen molar-refractivity contribution in [2.24, 2.45) is 5.92 Å². The van der Waals surface area contributed by atoms with Crippen LogP contribution in [0.3, 0.4) is 0 Å². The van der Waals surface area contributed by atoms with Gasteiger partial charge in [-0.15, -0.1) is 0 Å². The molecule has 0 aromatic carbocycles. The number of hydrogen-bond acceptors (Lipinski definition) is 7. The summed E-state index contributed by atoms with van der Waals surface area (Å²) in [6.07, 6.45) is 7.61. The SMILES string of the molecule is COCCOC1CCCN(S(=O)(=O)CC2CCC(N(C)c3c(C#N)cnc4[nH]ccc34)C2)C1. The van der Waals surface area contributed by atoms with Gasteiger partial charge in [0, 0.05) is 51.1 Å². The fourth-order valence-corrected chi connectivity index (χ4v) is 7.09. The van der Waals surface area contributed by atoms with Gasteiger partial charge in [0.25, 0.3) is 0 Å². The summed E-state index contributed by atoms with van der Waals surface area (Å²) in [7, 11) is 0.279. The van der Waals surface area contributed by atoms with Crippen molar-refractivity contribution in [1.82, 2.24) is 14.3 Å². The number of aromatic nitrogens is 2. The molecule has 1 aliphatic carbocycles. The number of ether oxygens (including phenoxy) is 2. The summed E-state index contributed by atoms with van der Waals surface area (Å²) in [4.78, 5) is 9.57. The molecule has 1 N–H and O–H groups in total. The molecule has 1 aliphatic heterocycles. The molecule has 1 saturated heterocycles.